The average Bonchev–Trinajstić information content (AvgIpc) is 3.28. The van der Waals surface area contributed by atoms with E-state index < -0.39 is 0 Å². The molecule has 6 rings (SSSR count). The number of carbonyl (C=O) groups is 1. The third-order valence-electron chi connectivity index (χ3n) is 5.48. The highest BCUT2D eigenvalue weighted by molar-refractivity contribution is 7.14. The molecule has 3 saturated heterocycles. The number of piperidine rings is 3. The van der Waals surface area contributed by atoms with E-state index in [1.807, 2.05) is 31.3 Å². The van der Waals surface area contributed by atoms with Gasteiger partial charge in [0.05, 0.1) is 5.52 Å². The van der Waals surface area contributed by atoms with Gasteiger partial charge in [-0.2, -0.15) is 5.10 Å². The second-order valence-electron chi connectivity index (χ2n) is 7.19. The molecular weight excluding hydrogens is 348 g/mol. The van der Waals surface area contributed by atoms with Crippen molar-refractivity contribution < 1.29 is 9.53 Å². The minimum Gasteiger partial charge on any atom is -0.456 e. The number of H-pyrrole nitrogens is 1. The lowest BCUT2D eigenvalue weighted by atomic mass is 9.86. The predicted molar refractivity (Wildman–Crippen MR) is 100 cm³/mol. The van der Waals surface area contributed by atoms with Crippen LogP contribution in [-0.4, -0.2) is 51.8 Å². The van der Waals surface area contributed by atoms with Crippen LogP contribution in [0.3, 0.4) is 0 Å². The Bertz CT molecular complexity index is 971. The molecule has 1 N–H and O–H groups in total. The van der Waals surface area contributed by atoms with E-state index in [2.05, 4.69) is 20.1 Å². The van der Waals surface area contributed by atoms with Gasteiger partial charge in [-0.1, -0.05) is 6.07 Å². The van der Waals surface area contributed by atoms with Crippen LogP contribution in [0.5, 0.6) is 0 Å². The van der Waals surface area contributed by atoms with Crippen molar-refractivity contribution in [3.05, 3.63) is 35.0 Å². The van der Waals surface area contributed by atoms with Gasteiger partial charge in [-0.05, 0) is 50.9 Å². The smallest absolute Gasteiger partial charge is 0.359 e. The van der Waals surface area contributed by atoms with Gasteiger partial charge in [0.1, 0.15) is 11.1 Å². The van der Waals surface area contributed by atoms with Crippen LogP contribution >= 0.6 is 11.3 Å². The van der Waals surface area contributed by atoms with E-state index in [4.69, 9.17) is 4.74 Å². The van der Waals surface area contributed by atoms with Crippen molar-refractivity contribution in [3.63, 3.8) is 0 Å². The topological polar surface area (TPSA) is 71.1 Å². The molecule has 3 aliphatic heterocycles. The number of aromatic nitrogens is 3. The number of carbonyl (C=O) groups excluding carboxylic acids is 1. The zero-order valence-electron chi connectivity index (χ0n) is 14.6. The predicted octanol–water partition coefficient (Wildman–Crippen LogP) is 3.25. The number of aromatic amines is 1. The summed E-state index contributed by atoms with van der Waals surface area (Å²) in [6.07, 6.45) is 4.11. The number of thiazole rings is 1. The van der Waals surface area contributed by atoms with Gasteiger partial charge in [0.15, 0.2) is 5.69 Å². The Morgan fingerprint density at radius 1 is 1.35 bits per heavy atom. The fourth-order valence-electron chi connectivity index (χ4n) is 4.03. The van der Waals surface area contributed by atoms with E-state index >= 15 is 0 Å². The van der Waals surface area contributed by atoms with Gasteiger partial charge >= 0.3 is 5.97 Å². The Labute approximate surface area is 155 Å². The lowest BCUT2D eigenvalue weighted by Gasteiger charge is -2.43. The minimum absolute atomic E-state index is 0.00526. The normalized spacial score (nSPS) is 24.9. The van der Waals surface area contributed by atoms with Gasteiger partial charge in [-0.15, -0.1) is 11.3 Å². The van der Waals surface area contributed by atoms with Gasteiger partial charge < -0.3 is 4.74 Å². The monoisotopic (exact) mass is 368 g/mol. The van der Waals surface area contributed by atoms with E-state index in [9.17, 15) is 4.79 Å². The largest absolute Gasteiger partial charge is 0.456 e. The third kappa shape index (κ3) is 2.71. The molecule has 3 fully saturated rings. The van der Waals surface area contributed by atoms with Gasteiger partial charge in [0.25, 0.3) is 0 Å². The fraction of sp³-hybridized carbons (Fsp3) is 0.421. The minimum atomic E-state index is -0.326. The summed E-state index contributed by atoms with van der Waals surface area (Å²) in [4.78, 5) is 20.7. The number of hydrogen-bond donors (Lipinski definition) is 1. The molecule has 0 aliphatic carbocycles. The molecule has 3 aliphatic rings. The molecule has 2 aromatic heterocycles. The summed E-state index contributed by atoms with van der Waals surface area (Å²) in [6.45, 7) is 5.15. The second-order valence-corrected chi connectivity index (χ2v) is 8.43. The molecule has 5 heterocycles. The lowest BCUT2D eigenvalue weighted by Crippen LogP contribution is -2.51. The van der Waals surface area contributed by atoms with Gasteiger partial charge in [-0.3, -0.25) is 10.00 Å². The molecule has 26 heavy (non-hydrogen) atoms. The molecule has 1 atom stereocenters. The highest BCUT2D eigenvalue weighted by atomic mass is 32.1. The maximum Gasteiger partial charge on any atom is 0.359 e. The molecule has 2 bridgehead atoms. The SMILES string of the molecule is Cc1cnc(-c2ccc3c(C(=O)OC4CN5CCC4CC5)n[nH]c3c2)s1. The molecule has 6 nitrogen and oxygen atoms in total. The Balaban J connectivity index is 1.39. The summed E-state index contributed by atoms with van der Waals surface area (Å²) in [5, 5.41) is 8.97. The molecule has 0 amide bonds. The number of esters is 1. The van der Waals surface area contributed by atoms with Crippen molar-refractivity contribution in [2.45, 2.75) is 25.9 Å². The highest BCUT2D eigenvalue weighted by Gasteiger charge is 2.37. The zero-order chi connectivity index (χ0) is 17.7. The van der Waals surface area contributed by atoms with E-state index in [1.54, 1.807) is 11.3 Å². The summed E-state index contributed by atoms with van der Waals surface area (Å²) in [6, 6.07) is 5.91. The van der Waals surface area contributed by atoms with Gasteiger partial charge in [0.2, 0.25) is 0 Å². The highest BCUT2D eigenvalue weighted by Crippen LogP contribution is 2.31. The van der Waals surface area contributed by atoms with Crippen LogP contribution in [0.2, 0.25) is 0 Å². The van der Waals surface area contributed by atoms with Gasteiger partial charge in [0, 0.05) is 28.6 Å². The second kappa shape index (κ2) is 6.17. The first-order valence-electron chi connectivity index (χ1n) is 9.01. The van der Waals surface area contributed by atoms with Crippen LogP contribution in [0.15, 0.2) is 24.4 Å². The van der Waals surface area contributed by atoms with Crippen LogP contribution in [-0.2, 0) is 4.74 Å². The van der Waals surface area contributed by atoms with Crippen molar-refractivity contribution in [3.8, 4) is 10.6 Å². The van der Waals surface area contributed by atoms with Crippen molar-refractivity contribution in [2.75, 3.05) is 19.6 Å². The van der Waals surface area contributed by atoms with Crippen molar-refractivity contribution in [1.29, 1.82) is 0 Å². The van der Waals surface area contributed by atoms with E-state index in [0.717, 1.165) is 53.9 Å². The summed E-state index contributed by atoms with van der Waals surface area (Å²) >= 11 is 1.65. The summed E-state index contributed by atoms with van der Waals surface area (Å²) < 4.78 is 5.82. The van der Waals surface area contributed by atoms with E-state index in [1.165, 1.54) is 4.88 Å². The molecule has 0 spiro atoms. The first kappa shape index (κ1) is 16.0. The number of rotatable bonds is 3. The first-order valence-corrected chi connectivity index (χ1v) is 9.83. The zero-order valence-corrected chi connectivity index (χ0v) is 15.4. The van der Waals surface area contributed by atoms with E-state index in [0.29, 0.717) is 11.6 Å². The van der Waals surface area contributed by atoms with Crippen LogP contribution in [0.1, 0.15) is 28.2 Å². The number of aryl methyl sites for hydroxylation is 1. The maximum absolute atomic E-state index is 12.7. The number of benzene rings is 1. The fourth-order valence-corrected chi connectivity index (χ4v) is 4.79. The number of nitrogens with zero attached hydrogens (tertiary/aromatic N) is 3. The molecule has 3 aromatic rings. The van der Waals surface area contributed by atoms with Crippen LogP contribution in [0.4, 0.5) is 0 Å². The summed E-state index contributed by atoms with van der Waals surface area (Å²) in [7, 11) is 0. The molecular formula is C19H20N4O2S. The number of nitrogens with one attached hydrogen (secondary N) is 1. The Morgan fingerprint density at radius 2 is 2.19 bits per heavy atom. The molecule has 1 aromatic carbocycles. The average molecular weight is 368 g/mol. The Kier molecular flexibility index (Phi) is 3.79. The molecule has 134 valence electrons. The van der Waals surface area contributed by atoms with Crippen molar-refractivity contribution in [1.82, 2.24) is 20.1 Å². The molecule has 0 saturated carbocycles. The first-order chi connectivity index (χ1) is 12.7. The molecule has 1 unspecified atom stereocenters. The van der Waals surface area contributed by atoms with Crippen LogP contribution in [0, 0.1) is 12.8 Å². The van der Waals surface area contributed by atoms with E-state index in [-0.39, 0.29) is 12.1 Å². The number of ether oxygens (including phenoxy) is 1. The Morgan fingerprint density at radius 3 is 2.88 bits per heavy atom. The standard InChI is InChI=1S/C19H20N4O2S/c1-11-9-20-18(26-11)13-2-3-14-15(8-13)21-22-17(14)19(24)25-16-10-23-6-4-12(16)5-7-23/h2-3,8-9,12,16H,4-7,10H2,1H3,(H,21,22). The summed E-state index contributed by atoms with van der Waals surface area (Å²) in [5.74, 6) is 0.168. The summed E-state index contributed by atoms with van der Waals surface area (Å²) in [5.41, 5.74) is 2.23. The lowest BCUT2D eigenvalue weighted by molar-refractivity contribution is -0.0458. The van der Waals surface area contributed by atoms with Crippen molar-refractivity contribution in [2.24, 2.45) is 5.92 Å². The maximum atomic E-state index is 12.7. The molecule has 7 heteroatoms. The van der Waals surface area contributed by atoms with Gasteiger partial charge in [-0.25, -0.2) is 9.78 Å². The number of fused-ring (bicyclic) bond motifs is 4. The molecule has 0 radical (unpaired) electrons. The van der Waals surface area contributed by atoms with Crippen LogP contribution in [0.25, 0.3) is 21.5 Å². The third-order valence-corrected chi connectivity index (χ3v) is 6.44. The quantitative estimate of drug-likeness (QED) is 0.719. The van der Waals surface area contributed by atoms with Crippen molar-refractivity contribution >= 4 is 28.2 Å². The number of hydrogen-bond acceptors (Lipinski definition) is 6. The Hall–Kier alpha value is -2.25. The van der Waals surface area contributed by atoms with Crippen LogP contribution < -0.4 is 0 Å².